The van der Waals surface area contributed by atoms with Crippen LogP contribution in [0.2, 0.25) is 12.1 Å². The molecule has 0 aromatic rings. The van der Waals surface area contributed by atoms with Gasteiger partial charge in [0.1, 0.15) is 0 Å². The fourth-order valence-electron chi connectivity index (χ4n) is 2.63. The van der Waals surface area contributed by atoms with Crippen LogP contribution < -0.4 is 10.6 Å². The molecule has 0 heterocycles. The molecule has 0 saturated heterocycles. The Labute approximate surface area is 166 Å². The van der Waals surface area contributed by atoms with Gasteiger partial charge < -0.3 is 37.2 Å². The van der Waals surface area contributed by atoms with Crippen LogP contribution in [0.1, 0.15) is 33.6 Å². The second kappa shape index (κ2) is 15.4. The molecule has 0 bridgehead atoms. The Kier molecular flexibility index (Phi) is 15.1. The SMILES string of the molecule is CCO[Si](CCCNC(=O)NCCC[Si](OC)(OC)OC)(OCC)OCC. The van der Waals surface area contributed by atoms with E-state index in [1.165, 1.54) is 0 Å². The summed E-state index contributed by atoms with van der Waals surface area (Å²) in [5.41, 5.74) is 0. The maximum absolute atomic E-state index is 11.9. The summed E-state index contributed by atoms with van der Waals surface area (Å²) in [6.07, 6.45) is 1.44. The van der Waals surface area contributed by atoms with Crippen LogP contribution in [0.25, 0.3) is 0 Å². The fourth-order valence-corrected chi connectivity index (χ4v) is 6.97. The lowest BCUT2D eigenvalue weighted by atomic mass is 10.4. The van der Waals surface area contributed by atoms with Gasteiger partial charge in [0.15, 0.2) is 0 Å². The number of nitrogens with one attached hydrogen (secondary N) is 2. The summed E-state index contributed by atoms with van der Waals surface area (Å²) in [5, 5.41) is 5.67. The zero-order valence-corrected chi connectivity index (χ0v) is 19.7. The molecule has 0 radical (unpaired) electrons. The van der Waals surface area contributed by atoms with Crippen molar-refractivity contribution in [1.29, 1.82) is 0 Å². The van der Waals surface area contributed by atoms with E-state index < -0.39 is 17.6 Å². The number of carbonyl (C=O) groups excluding carboxylic acids is 1. The number of urea groups is 1. The number of hydrogen-bond donors (Lipinski definition) is 2. The van der Waals surface area contributed by atoms with Crippen molar-refractivity contribution in [2.45, 2.75) is 45.7 Å². The van der Waals surface area contributed by atoms with Crippen LogP contribution in [0.4, 0.5) is 4.79 Å². The van der Waals surface area contributed by atoms with Crippen LogP contribution in [0.15, 0.2) is 0 Å². The Balaban J connectivity index is 4.10. The Bertz CT molecular complexity index is 362. The van der Waals surface area contributed by atoms with E-state index in [1.807, 2.05) is 20.8 Å². The first kappa shape index (κ1) is 26.5. The average Bonchev–Trinajstić information content (AvgIpc) is 2.67. The molecule has 0 spiro atoms. The molecule has 0 aromatic heterocycles. The van der Waals surface area contributed by atoms with Crippen molar-refractivity contribution in [3.05, 3.63) is 0 Å². The molecule has 2 amide bonds. The minimum atomic E-state index is -2.64. The summed E-state index contributed by atoms with van der Waals surface area (Å²) in [6.45, 7) is 8.49. The highest BCUT2D eigenvalue weighted by atomic mass is 28.4. The van der Waals surface area contributed by atoms with Gasteiger partial charge in [-0.3, -0.25) is 0 Å². The highest BCUT2D eigenvalue weighted by Crippen LogP contribution is 2.18. The van der Waals surface area contributed by atoms with Gasteiger partial charge in [-0.15, -0.1) is 0 Å². The summed E-state index contributed by atoms with van der Waals surface area (Å²) in [5.74, 6) is 0. The van der Waals surface area contributed by atoms with E-state index >= 15 is 0 Å². The molecule has 162 valence electrons. The molecular formula is C16H38N2O7Si2. The van der Waals surface area contributed by atoms with Gasteiger partial charge in [-0.05, 0) is 33.6 Å². The predicted octanol–water partition coefficient (Wildman–Crippen LogP) is 1.99. The quantitative estimate of drug-likeness (QED) is 0.271. The largest absolute Gasteiger partial charge is 0.500 e. The smallest absolute Gasteiger partial charge is 0.377 e. The van der Waals surface area contributed by atoms with Gasteiger partial charge in [-0.25, -0.2) is 4.79 Å². The predicted molar refractivity (Wildman–Crippen MR) is 108 cm³/mol. The zero-order valence-electron chi connectivity index (χ0n) is 17.7. The fraction of sp³-hybridized carbons (Fsp3) is 0.938. The van der Waals surface area contributed by atoms with Crippen molar-refractivity contribution in [1.82, 2.24) is 10.6 Å². The highest BCUT2D eigenvalue weighted by Gasteiger charge is 2.39. The molecule has 0 atom stereocenters. The van der Waals surface area contributed by atoms with Gasteiger partial charge in [0.25, 0.3) is 0 Å². The van der Waals surface area contributed by atoms with Crippen LogP contribution in [-0.2, 0) is 26.6 Å². The Morgan fingerprint density at radius 1 is 0.704 bits per heavy atom. The van der Waals surface area contributed by atoms with Gasteiger partial charge in [0.2, 0.25) is 0 Å². The van der Waals surface area contributed by atoms with Crippen LogP contribution in [-0.4, -0.2) is 77.9 Å². The lowest BCUT2D eigenvalue weighted by Crippen LogP contribution is -2.46. The molecule has 0 aromatic carbocycles. The maximum atomic E-state index is 11.9. The van der Waals surface area contributed by atoms with Gasteiger partial charge in [-0.2, -0.15) is 0 Å². The van der Waals surface area contributed by atoms with Crippen molar-refractivity contribution in [2.24, 2.45) is 0 Å². The highest BCUT2D eigenvalue weighted by molar-refractivity contribution is 6.61. The third-order valence-corrected chi connectivity index (χ3v) is 9.90. The van der Waals surface area contributed by atoms with Crippen LogP contribution >= 0.6 is 0 Å². The van der Waals surface area contributed by atoms with Crippen molar-refractivity contribution >= 4 is 23.6 Å². The first-order chi connectivity index (χ1) is 13.0. The maximum Gasteiger partial charge on any atom is 0.500 e. The molecule has 11 heteroatoms. The minimum absolute atomic E-state index is 0.203. The first-order valence-electron chi connectivity index (χ1n) is 9.56. The van der Waals surface area contributed by atoms with Crippen molar-refractivity contribution in [2.75, 3.05) is 54.2 Å². The van der Waals surface area contributed by atoms with Gasteiger partial charge >= 0.3 is 23.6 Å². The summed E-state index contributed by atoms with van der Waals surface area (Å²) in [4.78, 5) is 11.9. The van der Waals surface area contributed by atoms with Crippen LogP contribution in [0.5, 0.6) is 0 Å². The second-order valence-corrected chi connectivity index (χ2v) is 11.5. The van der Waals surface area contributed by atoms with Crippen molar-refractivity contribution in [3.63, 3.8) is 0 Å². The Morgan fingerprint density at radius 2 is 1.07 bits per heavy atom. The number of amides is 2. The summed E-state index contributed by atoms with van der Waals surface area (Å²) < 4.78 is 33.4. The van der Waals surface area contributed by atoms with Crippen LogP contribution in [0, 0.1) is 0 Å². The average molecular weight is 427 g/mol. The molecule has 0 aliphatic rings. The Morgan fingerprint density at radius 3 is 1.41 bits per heavy atom. The minimum Gasteiger partial charge on any atom is -0.377 e. The number of rotatable bonds is 17. The third kappa shape index (κ3) is 10.5. The standard InChI is InChI=1S/C16H38N2O7Si2/c1-7-23-27(24-8-2,25-9-3)15-11-13-18-16(19)17-12-10-14-26(20-4,21-5)22-6/h7-15H2,1-6H3,(H2,17,18,19). The Hall–Kier alpha value is -0.536. The zero-order chi connectivity index (χ0) is 20.6. The second-order valence-electron chi connectivity index (χ2n) is 5.67. The molecule has 0 unspecified atom stereocenters. The number of carbonyl (C=O) groups is 1. The van der Waals surface area contributed by atoms with Crippen molar-refractivity contribution < 1.29 is 31.4 Å². The normalized spacial score (nSPS) is 12.2. The van der Waals surface area contributed by atoms with E-state index in [1.54, 1.807) is 21.3 Å². The van der Waals surface area contributed by atoms with E-state index in [-0.39, 0.29) is 6.03 Å². The molecular weight excluding hydrogens is 388 g/mol. The lowest BCUT2D eigenvalue weighted by molar-refractivity contribution is 0.0708. The van der Waals surface area contributed by atoms with Gasteiger partial charge in [0, 0.05) is 66.3 Å². The molecule has 0 rings (SSSR count). The number of hydrogen-bond acceptors (Lipinski definition) is 7. The van der Waals surface area contributed by atoms with E-state index in [0.29, 0.717) is 51.4 Å². The summed E-state index contributed by atoms with van der Waals surface area (Å²) in [6, 6.07) is 1.11. The third-order valence-electron chi connectivity index (χ3n) is 3.92. The molecule has 2 N–H and O–H groups in total. The van der Waals surface area contributed by atoms with Gasteiger partial charge in [-0.1, -0.05) is 0 Å². The molecule has 0 aliphatic heterocycles. The molecule has 0 aliphatic carbocycles. The topological polar surface area (TPSA) is 96.5 Å². The molecule has 0 saturated carbocycles. The summed E-state index contributed by atoms with van der Waals surface area (Å²) >= 11 is 0. The molecule has 27 heavy (non-hydrogen) atoms. The van der Waals surface area contributed by atoms with Gasteiger partial charge in [0.05, 0.1) is 0 Å². The first-order valence-corrected chi connectivity index (χ1v) is 13.4. The van der Waals surface area contributed by atoms with E-state index in [2.05, 4.69) is 10.6 Å². The molecule has 9 nitrogen and oxygen atoms in total. The van der Waals surface area contributed by atoms with E-state index in [9.17, 15) is 4.79 Å². The van der Waals surface area contributed by atoms with Crippen LogP contribution in [0.3, 0.4) is 0 Å². The van der Waals surface area contributed by atoms with Crippen molar-refractivity contribution in [3.8, 4) is 0 Å². The monoisotopic (exact) mass is 426 g/mol. The summed E-state index contributed by atoms with van der Waals surface area (Å²) in [7, 11) is -0.479. The lowest BCUT2D eigenvalue weighted by Gasteiger charge is -2.28. The molecule has 0 fully saturated rings. The van der Waals surface area contributed by atoms with E-state index in [4.69, 9.17) is 26.6 Å². The van der Waals surface area contributed by atoms with E-state index in [0.717, 1.165) is 6.42 Å².